The number of aromatic nitrogens is 3. The van der Waals surface area contributed by atoms with Crippen LogP contribution in [0.15, 0.2) is 60.8 Å². The van der Waals surface area contributed by atoms with E-state index in [9.17, 15) is 24.6 Å². The number of ether oxygens (including phenoxy) is 1. The lowest BCUT2D eigenvalue weighted by atomic mass is 9.82. The van der Waals surface area contributed by atoms with Gasteiger partial charge in [-0.2, -0.15) is 0 Å². The van der Waals surface area contributed by atoms with Crippen molar-refractivity contribution in [3.05, 3.63) is 72.1 Å². The van der Waals surface area contributed by atoms with E-state index in [1.54, 1.807) is 0 Å². The third kappa shape index (κ3) is 6.96. The van der Waals surface area contributed by atoms with Gasteiger partial charge in [0.1, 0.15) is 0 Å². The van der Waals surface area contributed by atoms with Gasteiger partial charge in [0.05, 0.1) is 24.8 Å². The van der Waals surface area contributed by atoms with Crippen LogP contribution in [0.1, 0.15) is 29.4 Å². The van der Waals surface area contributed by atoms with Crippen molar-refractivity contribution in [1.29, 1.82) is 0 Å². The molecule has 0 fully saturated rings. The number of aliphatic hydroxyl groups excluding tert-OH is 1. The van der Waals surface area contributed by atoms with Crippen LogP contribution in [0.2, 0.25) is 0 Å². The Morgan fingerprint density at radius 3 is 2.39 bits per heavy atom. The van der Waals surface area contributed by atoms with Gasteiger partial charge in [-0.25, -0.2) is 4.68 Å². The van der Waals surface area contributed by atoms with Gasteiger partial charge in [0.2, 0.25) is 0 Å². The number of esters is 1. The molecule has 1 heterocycles. The molecule has 0 unspecified atom stereocenters. The number of carboxylic acid groups (broad SMARTS) is 1. The van der Waals surface area contributed by atoms with Gasteiger partial charge in [-0.3, -0.25) is 14.4 Å². The Bertz CT molecular complexity index is 1180. The maximum absolute atomic E-state index is 12.9. The Morgan fingerprint density at radius 2 is 1.78 bits per heavy atom. The van der Waals surface area contributed by atoms with Crippen molar-refractivity contribution >= 4 is 17.8 Å². The van der Waals surface area contributed by atoms with Crippen molar-refractivity contribution < 1.29 is 29.3 Å². The van der Waals surface area contributed by atoms with E-state index in [1.165, 1.54) is 13.1 Å². The van der Waals surface area contributed by atoms with Gasteiger partial charge in [0, 0.05) is 6.04 Å². The summed E-state index contributed by atoms with van der Waals surface area (Å²) in [7, 11) is 0. The molecule has 190 valence electrons. The zero-order chi connectivity index (χ0) is 26.1. The zero-order valence-corrected chi connectivity index (χ0v) is 19.8. The number of hydrogen-bond acceptors (Lipinski definition) is 8. The monoisotopic (exact) mass is 495 g/mol. The van der Waals surface area contributed by atoms with Crippen LogP contribution >= 0.6 is 0 Å². The second-order valence-electron chi connectivity index (χ2n) is 8.66. The van der Waals surface area contributed by atoms with Crippen LogP contribution in [0, 0.1) is 5.41 Å². The number of nitrogens with two attached hydrogens (primary N) is 1. The van der Waals surface area contributed by atoms with E-state index >= 15 is 0 Å². The molecule has 0 bridgehead atoms. The van der Waals surface area contributed by atoms with Crippen molar-refractivity contribution in [3.8, 4) is 11.1 Å². The van der Waals surface area contributed by atoms with E-state index in [0.717, 1.165) is 21.4 Å². The molecule has 3 aromatic rings. The molecule has 11 heteroatoms. The predicted molar refractivity (Wildman–Crippen MR) is 129 cm³/mol. The van der Waals surface area contributed by atoms with Crippen LogP contribution in [-0.4, -0.2) is 62.2 Å². The second-order valence-corrected chi connectivity index (χ2v) is 8.66. The molecular weight excluding hydrogens is 466 g/mol. The molecule has 0 spiro atoms. The molecule has 2 aromatic carbocycles. The molecule has 0 aliphatic rings. The average molecular weight is 496 g/mol. The molecule has 0 saturated carbocycles. The first kappa shape index (κ1) is 26.5. The van der Waals surface area contributed by atoms with Gasteiger partial charge in [-0.15, -0.1) is 5.10 Å². The summed E-state index contributed by atoms with van der Waals surface area (Å²) in [4.78, 5) is 35.9. The summed E-state index contributed by atoms with van der Waals surface area (Å²) in [6.07, 6.45) is 1.60. The molecule has 5 N–H and O–H groups in total. The third-order valence-electron chi connectivity index (χ3n) is 5.74. The Kier molecular flexibility index (Phi) is 8.87. The van der Waals surface area contributed by atoms with Gasteiger partial charge < -0.3 is 26.0 Å². The molecule has 0 radical (unpaired) electrons. The number of amides is 1. The van der Waals surface area contributed by atoms with E-state index < -0.39 is 35.9 Å². The van der Waals surface area contributed by atoms with Crippen LogP contribution in [0.5, 0.6) is 0 Å². The van der Waals surface area contributed by atoms with Crippen molar-refractivity contribution in [2.24, 2.45) is 11.1 Å². The lowest BCUT2D eigenvalue weighted by Gasteiger charge is -2.28. The fourth-order valence-electron chi connectivity index (χ4n) is 3.61. The average Bonchev–Trinajstić information content (AvgIpc) is 3.37. The fourth-order valence-corrected chi connectivity index (χ4v) is 3.61. The number of carbonyl (C=O) groups excluding carboxylic acids is 2. The SMILES string of the molecule is C[C@@](CO)(C[C@@H](Cc1ccc(-c2ccccc2)cc1)NC(=O)c1cn(COC(=O)CN)nn1)C(=O)O. The molecule has 11 nitrogen and oxygen atoms in total. The standard InChI is InChI=1S/C25H29N5O6/c1-25(15-31,24(34)35)12-20(11-17-7-9-19(10-8-17)18-5-3-2-4-6-18)27-23(33)21-14-30(29-28-21)16-36-22(32)13-26/h2-10,14,20,31H,11-13,15-16,26H2,1H3,(H,27,33)(H,34,35)/t20-,25+/m1/s1. The number of nitrogens with zero attached hydrogens (tertiary/aromatic N) is 3. The molecule has 1 aromatic heterocycles. The largest absolute Gasteiger partial charge is 0.481 e. The summed E-state index contributed by atoms with van der Waals surface area (Å²) in [6.45, 7) is 0.289. The Morgan fingerprint density at radius 1 is 1.11 bits per heavy atom. The molecule has 36 heavy (non-hydrogen) atoms. The lowest BCUT2D eigenvalue weighted by molar-refractivity contribution is -0.151. The van der Waals surface area contributed by atoms with Crippen LogP contribution in [0.25, 0.3) is 11.1 Å². The molecule has 0 aliphatic heterocycles. The molecule has 0 saturated heterocycles. The quantitative estimate of drug-likeness (QED) is 0.270. The zero-order valence-electron chi connectivity index (χ0n) is 19.8. The highest BCUT2D eigenvalue weighted by Crippen LogP contribution is 2.26. The van der Waals surface area contributed by atoms with E-state index in [0.29, 0.717) is 6.42 Å². The highest BCUT2D eigenvalue weighted by molar-refractivity contribution is 5.92. The summed E-state index contributed by atoms with van der Waals surface area (Å²) in [6, 6.07) is 17.0. The summed E-state index contributed by atoms with van der Waals surface area (Å²) < 4.78 is 6.01. The topological polar surface area (TPSA) is 170 Å². The van der Waals surface area contributed by atoms with Crippen molar-refractivity contribution in [2.75, 3.05) is 13.2 Å². The van der Waals surface area contributed by atoms with Gasteiger partial charge in [0.25, 0.3) is 5.91 Å². The Hall–Kier alpha value is -4.09. The number of aliphatic hydroxyl groups is 1. The number of aliphatic carboxylic acids is 1. The maximum atomic E-state index is 12.9. The first-order valence-electron chi connectivity index (χ1n) is 11.3. The Balaban J connectivity index is 1.75. The third-order valence-corrected chi connectivity index (χ3v) is 5.74. The summed E-state index contributed by atoms with van der Waals surface area (Å²) in [5.41, 5.74) is 6.65. The lowest BCUT2D eigenvalue weighted by Crippen LogP contribution is -2.44. The highest BCUT2D eigenvalue weighted by Gasteiger charge is 2.36. The minimum atomic E-state index is -1.46. The van der Waals surface area contributed by atoms with Gasteiger partial charge >= 0.3 is 11.9 Å². The van der Waals surface area contributed by atoms with Crippen LogP contribution < -0.4 is 11.1 Å². The first-order valence-corrected chi connectivity index (χ1v) is 11.3. The molecule has 1 amide bonds. The van der Waals surface area contributed by atoms with E-state index in [4.69, 9.17) is 10.5 Å². The number of carbonyl (C=O) groups is 3. The van der Waals surface area contributed by atoms with E-state index in [-0.39, 0.29) is 25.4 Å². The highest BCUT2D eigenvalue weighted by atomic mass is 16.5. The first-order chi connectivity index (χ1) is 17.2. The van der Waals surface area contributed by atoms with Crippen LogP contribution in [-0.2, 0) is 27.5 Å². The molecular formula is C25H29N5O6. The van der Waals surface area contributed by atoms with E-state index in [1.807, 2.05) is 54.6 Å². The second kappa shape index (κ2) is 12.0. The van der Waals surface area contributed by atoms with Crippen molar-refractivity contribution in [1.82, 2.24) is 20.3 Å². The van der Waals surface area contributed by atoms with Gasteiger partial charge in [-0.1, -0.05) is 59.8 Å². The van der Waals surface area contributed by atoms with E-state index in [2.05, 4.69) is 15.6 Å². The molecule has 3 rings (SSSR count). The predicted octanol–water partition coefficient (Wildman–Crippen LogP) is 1.22. The summed E-state index contributed by atoms with van der Waals surface area (Å²) in [5, 5.41) is 29.7. The van der Waals surface area contributed by atoms with Gasteiger partial charge in [-0.05, 0) is 36.5 Å². The van der Waals surface area contributed by atoms with Crippen molar-refractivity contribution in [3.63, 3.8) is 0 Å². The fraction of sp³-hybridized carbons (Fsp3) is 0.320. The van der Waals surface area contributed by atoms with Crippen molar-refractivity contribution in [2.45, 2.75) is 32.5 Å². The minimum Gasteiger partial charge on any atom is -0.481 e. The van der Waals surface area contributed by atoms with Crippen LogP contribution in [0.3, 0.4) is 0 Å². The maximum Gasteiger partial charge on any atom is 0.321 e. The number of nitrogens with one attached hydrogen (secondary N) is 1. The smallest absolute Gasteiger partial charge is 0.321 e. The molecule has 0 aliphatic carbocycles. The Labute approximate surface area is 207 Å². The normalized spacial score (nSPS) is 13.4. The number of hydrogen-bond donors (Lipinski definition) is 4. The minimum absolute atomic E-state index is 0.0206. The van der Waals surface area contributed by atoms with Gasteiger partial charge in [0.15, 0.2) is 12.4 Å². The summed E-state index contributed by atoms with van der Waals surface area (Å²) >= 11 is 0. The number of benzene rings is 2. The molecule has 2 atom stereocenters. The van der Waals surface area contributed by atoms with Crippen LogP contribution in [0.4, 0.5) is 0 Å². The number of rotatable bonds is 12. The summed E-state index contributed by atoms with van der Waals surface area (Å²) in [5.74, 6) is -2.38. The number of carboxylic acids is 1.